The van der Waals surface area contributed by atoms with Crippen molar-refractivity contribution in [3.8, 4) is 0 Å². The van der Waals surface area contributed by atoms with Gasteiger partial charge in [0, 0.05) is 40.9 Å². The van der Waals surface area contributed by atoms with E-state index in [4.69, 9.17) is 11.6 Å². The monoisotopic (exact) mass is 430 g/mol. The minimum atomic E-state index is -0.392. The Kier molecular flexibility index (Phi) is 7.06. The molecule has 0 aliphatic heterocycles. The molecule has 1 heterocycles. The standard InChI is InChI=1S/C20H16ClN2O2.BrH/c21-20-7-2-1-5-17(20)10-13-18-6-3-4-14-22(18)15-16-8-11-19(12-9-16)23(24)25;/h1-14H,15H2;1H/q+1;/p-1/b13-10+;. The molecule has 0 unspecified atom stereocenters. The number of hydrogen-bond donors (Lipinski definition) is 0. The number of non-ortho nitro benzene ring substituents is 1. The van der Waals surface area contributed by atoms with Crippen LogP contribution in [0.2, 0.25) is 5.02 Å². The first-order valence-electron chi connectivity index (χ1n) is 7.78. The first-order chi connectivity index (χ1) is 12.1. The van der Waals surface area contributed by atoms with Crippen LogP contribution in [0.4, 0.5) is 5.69 Å². The lowest BCUT2D eigenvalue weighted by atomic mass is 10.1. The number of benzene rings is 2. The van der Waals surface area contributed by atoms with Crippen molar-refractivity contribution in [1.82, 2.24) is 0 Å². The van der Waals surface area contributed by atoms with Crippen molar-refractivity contribution in [2.45, 2.75) is 6.54 Å². The maximum absolute atomic E-state index is 10.8. The zero-order chi connectivity index (χ0) is 17.6. The number of aromatic nitrogens is 1. The fourth-order valence-corrected chi connectivity index (χ4v) is 2.69. The molecule has 0 bridgehead atoms. The zero-order valence-corrected chi connectivity index (χ0v) is 16.1. The van der Waals surface area contributed by atoms with E-state index in [0.717, 1.165) is 16.8 Å². The Hall–Kier alpha value is -2.50. The van der Waals surface area contributed by atoms with Gasteiger partial charge in [-0.3, -0.25) is 10.1 Å². The van der Waals surface area contributed by atoms with Gasteiger partial charge >= 0.3 is 0 Å². The summed E-state index contributed by atoms with van der Waals surface area (Å²) in [5.41, 5.74) is 3.06. The van der Waals surface area contributed by atoms with Crippen LogP contribution < -0.4 is 21.5 Å². The average molecular weight is 432 g/mol. The summed E-state index contributed by atoms with van der Waals surface area (Å²) in [6.07, 6.45) is 5.96. The number of rotatable bonds is 5. The highest BCUT2D eigenvalue weighted by atomic mass is 79.9. The Morgan fingerprint density at radius 1 is 0.962 bits per heavy atom. The van der Waals surface area contributed by atoms with E-state index >= 15 is 0 Å². The van der Waals surface area contributed by atoms with Gasteiger partial charge in [0.25, 0.3) is 5.69 Å². The molecule has 0 atom stereocenters. The van der Waals surface area contributed by atoms with Gasteiger partial charge in [0.2, 0.25) is 5.69 Å². The second kappa shape index (κ2) is 9.27. The Morgan fingerprint density at radius 2 is 1.65 bits per heavy atom. The largest absolute Gasteiger partial charge is 1.00 e. The van der Waals surface area contributed by atoms with Crippen LogP contribution in [0.15, 0.2) is 72.9 Å². The third-order valence-electron chi connectivity index (χ3n) is 3.81. The number of nitrogens with zero attached hydrogens (tertiary/aromatic N) is 2. The number of halogens is 2. The molecule has 26 heavy (non-hydrogen) atoms. The molecule has 0 N–H and O–H groups in total. The van der Waals surface area contributed by atoms with E-state index in [-0.39, 0.29) is 22.7 Å². The van der Waals surface area contributed by atoms with Crippen LogP contribution in [-0.2, 0) is 6.54 Å². The Morgan fingerprint density at radius 3 is 2.35 bits per heavy atom. The summed E-state index contributed by atoms with van der Waals surface area (Å²) in [5.74, 6) is 0. The average Bonchev–Trinajstić information content (AvgIpc) is 2.62. The third-order valence-corrected chi connectivity index (χ3v) is 4.16. The predicted octanol–water partition coefficient (Wildman–Crippen LogP) is 1.76. The van der Waals surface area contributed by atoms with Crippen LogP contribution >= 0.6 is 11.6 Å². The van der Waals surface area contributed by atoms with Crippen LogP contribution in [0.5, 0.6) is 0 Å². The summed E-state index contributed by atoms with van der Waals surface area (Å²) in [4.78, 5) is 10.4. The van der Waals surface area contributed by atoms with Gasteiger partial charge in [-0.1, -0.05) is 29.8 Å². The number of nitro benzene ring substituents is 1. The molecule has 6 heteroatoms. The van der Waals surface area contributed by atoms with Crippen LogP contribution in [0, 0.1) is 10.1 Å². The third kappa shape index (κ3) is 5.00. The molecule has 0 radical (unpaired) electrons. The lowest BCUT2D eigenvalue weighted by Gasteiger charge is -2.02. The molecular formula is C20H16BrClN2O2. The van der Waals surface area contributed by atoms with Gasteiger partial charge in [-0.15, -0.1) is 0 Å². The van der Waals surface area contributed by atoms with E-state index in [1.165, 1.54) is 12.1 Å². The summed E-state index contributed by atoms with van der Waals surface area (Å²) in [6.45, 7) is 0.626. The number of hydrogen-bond acceptors (Lipinski definition) is 2. The Balaban J connectivity index is 0.00000243. The molecule has 0 aliphatic carbocycles. The molecule has 0 amide bonds. The minimum absolute atomic E-state index is 0. The summed E-state index contributed by atoms with van der Waals surface area (Å²) in [6, 6.07) is 20.2. The van der Waals surface area contributed by atoms with Crippen molar-refractivity contribution in [1.29, 1.82) is 0 Å². The van der Waals surface area contributed by atoms with Crippen LogP contribution in [0.1, 0.15) is 16.8 Å². The van der Waals surface area contributed by atoms with Gasteiger partial charge in [-0.2, -0.15) is 4.57 Å². The second-order valence-corrected chi connectivity index (χ2v) is 5.94. The maximum atomic E-state index is 10.8. The van der Waals surface area contributed by atoms with Crippen molar-refractivity contribution in [3.05, 3.63) is 105 Å². The van der Waals surface area contributed by atoms with Gasteiger partial charge in [-0.05, 0) is 35.9 Å². The molecule has 0 aliphatic rings. The molecular weight excluding hydrogens is 416 g/mol. The Bertz CT molecular complexity index is 927. The first kappa shape index (κ1) is 19.8. The minimum Gasteiger partial charge on any atom is -1.00 e. The summed E-state index contributed by atoms with van der Waals surface area (Å²) < 4.78 is 2.08. The van der Waals surface area contributed by atoms with E-state index in [0.29, 0.717) is 11.6 Å². The smallest absolute Gasteiger partial charge is 0.269 e. The van der Waals surface area contributed by atoms with E-state index in [1.807, 2.05) is 60.8 Å². The van der Waals surface area contributed by atoms with Gasteiger partial charge in [0.1, 0.15) is 0 Å². The fourth-order valence-electron chi connectivity index (χ4n) is 2.49. The molecule has 0 fully saturated rings. The summed E-state index contributed by atoms with van der Waals surface area (Å²) in [7, 11) is 0. The quantitative estimate of drug-likeness (QED) is 0.351. The normalized spacial score (nSPS) is 10.5. The van der Waals surface area contributed by atoms with Gasteiger partial charge < -0.3 is 17.0 Å². The highest BCUT2D eigenvalue weighted by Gasteiger charge is 2.10. The van der Waals surface area contributed by atoms with Crippen molar-refractivity contribution in [3.63, 3.8) is 0 Å². The number of pyridine rings is 1. The summed E-state index contributed by atoms with van der Waals surface area (Å²) >= 11 is 6.19. The van der Waals surface area contributed by atoms with Crippen molar-refractivity contribution in [2.75, 3.05) is 0 Å². The highest BCUT2D eigenvalue weighted by Crippen LogP contribution is 2.17. The molecule has 1 aromatic heterocycles. The molecule has 132 valence electrons. The maximum Gasteiger partial charge on any atom is 0.269 e. The molecule has 3 rings (SSSR count). The van der Waals surface area contributed by atoms with Crippen molar-refractivity contribution < 1.29 is 26.5 Å². The highest BCUT2D eigenvalue weighted by molar-refractivity contribution is 6.32. The first-order valence-corrected chi connectivity index (χ1v) is 8.16. The molecule has 2 aromatic carbocycles. The summed E-state index contributed by atoms with van der Waals surface area (Å²) in [5, 5.41) is 11.5. The van der Waals surface area contributed by atoms with Gasteiger partial charge in [0.05, 0.1) is 4.92 Å². The Labute approximate surface area is 167 Å². The van der Waals surface area contributed by atoms with E-state index in [2.05, 4.69) is 4.57 Å². The second-order valence-electron chi connectivity index (χ2n) is 5.53. The zero-order valence-electron chi connectivity index (χ0n) is 13.8. The number of nitro groups is 1. The van der Waals surface area contributed by atoms with E-state index < -0.39 is 4.92 Å². The van der Waals surface area contributed by atoms with Crippen molar-refractivity contribution in [2.24, 2.45) is 0 Å². The van der Waals surface area contributed by atoms with Crippen molar-refractivity contribution >= 4 is 29.4 Å². The predicted molar refractivity (Wildman–Crippen MR) is 99.2 cm³/mol. The van der Waals surface area contributed by atoms with Crippen LogP contribution in [0.25, 0.3) is 12.2 Å². The van der Waals surface area contributed by atoms with E-state index in [1.54, 1.807) is 12.1 Å². The molecule has 4 nitrogen and oxygen atoms in total. The molecule has 3 aromatic rings. The van der Waals surface area contributed by atoms with Gasteiger partial charge in [-0.25, -0.2) is 0 Å². The lowest BCUT2D eigenvalue weighted by Crippen LogP contribution is -3.00. The van der Waals surface area contributed by atoms with Gasteiger partial charge in [0.15, 0.2) is 12.7 Å². The lowest BCUT2D eigenvalue weighted by molar-refractivity contribution is -0.690. The SMILES string of the molecule is O=[N+]([O-])c1ccc(C[n+]2ccccc2/C=C/c2ccccc2Cl)cc1.[Br-]. The fraction of sp³-hybridized carbons (Fsp3) is 0.0500. The topological polar surface area (TPSA) is 47.0 Å². The van der Waals surface area contributed by atoms with E-state index in [9.17, 15) is 10.1 Å². The molecule has 0 saturated carbocycles. The van der Waals surface area contributed by atoms with Crippen LogP contribution in [-0.4, -0.2) is 4.92 Å². The molecule has 0 spiro atoms. The molecule has 0 saturated heterocycles. The van der Waals surface area contributed by atoms with Crippen LogP contribution in [0.3, 0.4) is 0 Å².